The molecule has 0 spiro atoms. The van der Waals surface area contributed by atoms with Crippen LogP contribution in [0.1, 0.15) is 12.0 Å². The van der Waals surface area contributed by atoms with Gasteiger partial charge in [0.05, 0.1) is 11.5 Å². The van der Waals surface area contributed by atoms with E-state index in [-0.39, 0.29) is 31.0 Å². The third kappa shape index (κ3) is 3.45. The normalized spacial score (nSPS) is 17.6. The van der Waals surface area contributed by atoms with E-state index >= 15 is 0 Å². The average Bonchev–Trinajstić information content (AvgIpc) is 2.46. The van der Waals surface area contributed by atoms with Gasteiger partial charge in [0.2, 0.25) is 10.0 Å². The monoisotopic (exact) mass is 321 g/mol. The van der Waals surface area contributed by atoms with Crippen LogP contribution in [0.4, 0.5) is 13.2 Å². The Balaban J connectivity index is 2.24. The second kappa shape index (κ2) is 5.78. The summed E-state index contributed by atoms with van der Waals surface area (Å²) in [6.07, 6.45) is -3.87. The molecular weight excluding hydrogens is 307 g/mol. The zero-order valence-electron chi connectivity index (χ0n) is 11.0. The van der Waals surface area contributed by atoms with Gasteiger partial charge in [0, 0.05) is 18.7 Å². The zero-order valence-corrected chi connectivity index (χ0v) is 11.8. The molecule has 1 aromatic rings. The smallest absolute Gasteiger partial charge is 0.392 e. The Hall–Kier alpha value is -1.38. The fraction of sp³-hybridized carbons (Fsp3) is 0.385. The minimum Gasteiger partial charge on any atom is -0.392 e. The molecule has 0 aliphatic carbocycles. The van der Waals surface area contributed by atoms with Crippen LogP contribution in [0.2, 0.25) is 0 Å². The van der Waals surface area contributed by atoms with E-state index in [0.717, 1.165) is 10.4 Å². The van der Waals surface area contributed by atoms with E-state index in [1.165, 1.54) is 18.2 Å². The molecule has 1 aliphatic rings. The van der Waals surface area contributed by atoms with Crippen LogP contribution in [0.5, 0.6) is 0 Å². The quantitative estimate of drug-likeness (QED) is 0.867. The van der Waals surface area contributed by atoms with Crippen molar-refractivity contribution in [3.63, 3.8) is 0 Å². The topological polar surface area (TPSA) is 57.6 Å². The molecule has 0 fully saturated rings. The number of sulfonamides is 1. The molecule has 0 radical (unpaired) electrons. The van der Waals surface area contributed by atoms with Gasteiger partial charge in [-0.2, -0.15) is 17.5 Å². The highest BCUT2D eigenvalue weighted by atomic mass is 32.2. The molecule has 0 unspecified atom stereocenters. The highest BCUT2D eigenvalue weighted by molar-refractivity contribution is 7.89. The molecule has 0 saturated carbocycles. The van der Waals surface area contributed by atoms with E-state index in [1.807, 2.05) is 0 Å². The van der Waals surface area contributed by atoms with Gasteiger partial charge in [-0.25, -0.2) is 8.42 Å². The standard InChI is InChI=1S/C13H14F3NO3S/c14-13(15,16)11-4-6-17(7-5-11)21(19,20)12-3-1-2-10(8-12)9-18/h1-4,8,18H,5-7,9H2. The average molecular weight is 321 g/mol. The van der Waals surface area contributed by atoms with E-state index < -0.39 is 21.8 Å². The number of benzene rings is 1. The first kappa shape index (κ1) is 16.0. The molecule has 21 heavy (non-hydrogen) atoms. The molecule has 0 amide bonds. The number of aliphatic hydroxyl groups is 1. The van der Waals surface area contributed by atoms with Crippen molar-refractivity contribution in [2.45, 2.75) is 24.1 Å². The van der Waals surface area contributed by atoms with Crippen LogP contribution >= 0.6 is 0 Å². The predicted octanol–water partition coefficient (Wildman–Crippen LogP) is 2.06. The van der Waals surface area contributed by atoms with Crippen LogP contribution in [-0.2, 0) is 16.6 Å². The van der Waals surface area contributed by atoms with Gasteiger partial charge >= 0.3 is 6.18 Å². The molecular formula is C13H14F3NO3S. The first-order valence-corrected chi connectivity index (χ1v) is 7.65. The molecule has 0 atom stereocenters. The molecule has 0 aromatic heterocycles. The summed E-state index contributed by atoms with van der Waals surface area (Å²) in [5.74, 6) is 0. The second-order valence-electron chi connectivity index (χ2n) is 4.65. The van der Waals surface area contributed by atoms with Crippen LogP contribution in [0, 0.1) is 0 Å². The summed E-state index contributed by atoms with van der Waals surface area (Å²) in [7, 11) is -3.85. The van der Waals surface area contributed by atoms with Crippen molar-refractivity contribution in [1.29, 1.82) is 0 Å². The number of hydrogen-bond acceptors (Lipinski definition) is 3. The number of rotatable bonds is 3. The van der Waals surface area contributed by atoms with Crippen LogP contribution in [0.25, 0.3) is 0 Å². The maximum absolute atomic E-state index is 12.5. The highest BCUT2D eigenvalue weighted by Gasteiger charge is 2.37. The van der Waals surface area contributed by atoms with Gasteiger partial charge in [0.1, 0.15) is 0 Å². The molecule has 1 N–H and O–H groups in total. The summed E-state index contributed by atoms with van der Waals surface area (Å²) in [4.78, 5) is -0.0297. The summed E-state index contributed by atoms with van der Waals surface area (Å²) >= 11 is 0. The van der Waals surface area contributed by atoms with Gasteiger partial charge in [-0.05, 0) is 24.1 Å². The van der Waals surface area contributed by atoms with Crippen LogP contribution in [0.3, 0.4) is 0 Å². The highest BCUT2D eigenvalue weighted by Crippen LogP contribution is 2.31. The lowest BCUT2D eigenvalue weighted by Gasteiger charge is -2.26. The number of hydrogen-bond donors (Lipinski definition) is 1. The van der Waals surface area contributed by atoms with Crippen molar-refractivity contribution >= 4 is 10.0 Å². The molecule has 8 heteroatoms. The third-order valence-corrected chi connectivity index (χ3v) is 5.12. The largest absolute Gasteiger partial charge is 0.412 e. The molecule has 0 bridgehead atoms. The minimum absolute atomic E-state index is 0.0297. The Bertz CT molecular complexity index is 653. The number of halogens is 3. The lowest BCUT2D eigenvalue weighted by Crippen LogP contribution is -2.36. The summed E-state index contributed by atoms with van der Waals surface area (Å²) in [6.45, 7) is -0.820. The third-order valence-electron chi connectivity index (χ3n) is 3.25. The Morgan fingerprint density at radius 1 is 1.29 bits per heavy atom. The van der Waals surface area contributed by atoms with Crippen LogP contribution < -0.4 is 0 Å². The van der Waals surface area contributed by atoms with E-state index in [0.29, 0.717) is 5.56 Å². The summed E-state index contributed by atoms with van der Waals surface area (Å²) in [5, 5.41) is 9.02. The van der Waals surface area contributed by atoms with E-state index in [2.05, 4.69) is 0 Å². The maximum atomic E-state index is 12.5. The summed E-state index contributed by atoms with van der Waals surface area (Å²) in [6, 6.07) is 5.73. The Kier molecular flexibility index (Phi) is 4.40. The zero-order chi connectivity index (χ0) is 15.7. The number of alkyl halides is 3. The van der Waals surface area contributed by atoms with Crippen molar-refractivity contribution in [1.82, 2.24) is 4.31 Å². The molecule has 0 saturated heterocycles. The van der Waals surface area contributed by atoms with Crippen molar-refractivity contribution < 1.29 is 26.7 Å². The maximum Gasteiger partial charge on any atom is 0.412 e. The van der Waals surface area contributed by atoms with Crippen LogP contribution in [-0.4, -0.2) is 37.1 Å². The Morgan fingerprint density at radius 3 is 2.52 bits per heavy atom. The Morgan fingerprint density at radius 2 is 2.00 bits per heavy atom. The molecule has 4 nitrogen and oxygen atoms in total. The number of nitrogens with zero attached hydrogens (tertiary/aromatic N) is 1. The van der Waals surface area contributed by atoms with Crippen LogP contribution in [0.15, 0.2) is 40.8 Å². The lowest BCUT2D eigenvalue weighted by atomic mass is 10.1. The fourth-order valence-electron chi connectivity index (χ4n) is 2.08. The van der Waals surface area contributed by atoms with Crippen molar-refractivity contribution in [2.24, 2.45) is 0 Å². The first-order chi connectivity index (χ1) is 9.75. The molecule has 1 aromatic carbocycles. The first-order valence-electron chi connectivity index (χ1n) is 6.21. The van der Waals surface area contributed by atoms with Gasteiger partial charge in [-0.1, -0.05) is 18.2 Å². The van der Waals surface area contributed by atoms with Crippen molar-refractivity contribution in [2.75, 3.05) is 13.1 Å². The van der Waals surface area contributed by atoms with Gasteiger partial charge in [-0.15, -0.1) is 0 Å². The van der Waals surface area contributed by atoms with E-state index in [9.17, 15) is 21.6 Å². The van der Waals surface area contributed by atoms with Gasteiger partial charge in [0.25, 0.3) is 0 Å². The Labute approximate surface area is 120 Å². The van der Waals surface area contributed by atoms with Crippen molar-refractivity contribution in [3.8, 4) is 0 Å². The van der Waals surface area contributed by atoms with E-state index in [1.54, 1.807) is 6.07 Å². The summed E-state index contributed by atoms with van der Waals surface area (Å²) in [5.41, 5.74) is -0.266. The number of aliphatic hydroxyl groups excluding tert-OH is 1. The predicted molar refractivity (Wildman–Crippen MR) is 69.9 cm³/mol. The summed E-state index contributed by atoms with van der Waals surface area (Å²) < 4.78 is 63.3. The molecule has 1 heterocycles. The van der Waals surface area contributed by atoms with Gasteiger partial charge < -0.3 is 5.11 Å². The van der Waals surface area contributed by atoms with Crippen molar-refractivity contribution in [3.05, 3.63) is 41.5 Å². The second-order valence-corrected chi connectivity index (χ2v) is 6.58. The minimum atomic E-state index is -4.41. The van der Waals surface area contributed by atoms with Gasteiger partial charge in [0.15, 0.2) is 0 Å². The van der Waals surface area contributed by atoms with Gasteiger partial charge in [-0.3, -0.25) is 0 Å². The molecule has 1 aliphatic heterocycles. The lowest BCUT2D eigenvalue weighted by molar-refractivity contribution is -0.0953. The molecule has 2 rings (SSSR count). The fourth-order valence-corrected chi connectivity index (χ4v) is 3.53. The molecule has 116 valence electrons. The SMILES string of the molecule is O=S(=O)(c1cccc(CO)c1)N1CC=C(C(F)(F)F)CC1. The van der Waals surface area contributed by atoms with E-state index in [4.69, 9.17) is 5.11 Å².